The number of rotatable bonds is 7. The molecule has 31 heavy (non-hydrogen) atoms. The van der Waals surface area contributed by atoms with E-state index in [9.17, 15) is 18.4 Å². The van der Waals surface area contributed by atoms with E-state index in [0.29, 0.717) is 25.1 Å². The number of ether oxygens (including phenoxy) is 2. The van der Waals surface area contributed by atoms with Crippen molar-refractivity contribution in [1.82, 2.24) is 10.2 Å². The molecule has 0 aliphatic carbocycles. The van der Waals surface area contributed by atoms with Crippen molar-refractivity contribution in [2.75, 3.05) is 19.6 Å². The molecule has 0 saturated carbocycles. The molecule has 1 saturated heterocycles. The monoisotopic (exact) mass is 452 g/mol. The van der Waals surface area contributed by atoms with Gasteiger partial charge in [0.2, 0.25) is 0 Å². The number of Topliss-reactive ketones (excluding diaryl/α,β-unsaturated/α-hetero) is 1. The summed E-state index contributed by atoms with van der Waals surface area (Å²) in [7, 11) is 0. The third kappa shape index (κ3) is 6.38. The molecular formula is C22H23ClF2N2O4. The minimum Gasteiger partial charge on any atom is -0.451 e. The van der Waals surface area contributed by atoms with Crippen LogP contribution in [-0.4, -0.2) is 47.5 Å². The molecule has 1 fully saturated rings. The van der Waals surface area contributed by atoms with Crippen LogP contribution in [0.1, 0.15) is 30.6 Å². The molecule has 0 spiro atoms. The number of carbonyl (C=O) groups is 2. The zero-order chi connectivity index (χ0) is 22.6. The van der Waals surface area contributed by atoms with Gasteiger partial charge in [0.25, 0.3) is 0 Å². The summed E-state index contributed by atoms with van der Waals surface area (Å²) in [6.45, 7) is 4.17. The molecule has 0 radical (unpaired) electrons. The Morgan fingerprint density at radius 1 is 1.16 bits per heavy atom. The molecule has 2 aromatic rings. The zero-order valence-corrected chi connectivity index (χ0v) is 17.9. The number of para-hydroxylation sites is 1. The van der Waals surface area contributed by atoms with Gasteiger partial charge in [0, 0.05) is 24.7 Å². The van der Waals surface area contributed by atoms with Gasteiger partial charge in [0.1, 0.15) is 5.75 Å². The minimum absolute atomic E-state index is 0.0402. The fourth-order valence-corrected chi connectivity index (χ4v) is 3.18. The number of likely N-dealkylation sites (tertiary alicyclic amines) is 1. The molecule has 0 aromatic heterocycles. The Bertz CT molecular complexity index is 927. The van der Waals surface area contributed by atoms with Crippen LogP contribution >= 0.6 is 11.6 Å². The van der Waals surface area contributed by atoms with E-state index in [1.165, 1.54) is 30.3 Å². The Balaban J connectivity index is 1.50. The van der Waals surface area contributed by atoms with Crippen molar-refractivity contribution < 1.29 is 27.8 Å². The van der Waals surface area contributed by atoms with Gasteiger partial charge in [-0.15, -0.1) is 0 Å². The van der Waals surface area contributed by atoms with Gasteiger partial charge in [-0.1, -0.05) is 17.7 Å². The number of carbonyl (C=O) groups excluding carboxylic acids is 2. The van der Waals surface area contributed by atoms with Crippen LogP contribution in [0.5, 0.6) is 11.5 Å². The molecule has 1 aliphatic rings. The number of hydrogen-bond acceptors (Lipinski definition) is 5. The Labute approximate surface area is 184 Å². The van der Waals surface area contributed by atoms with Gasteiger partial charge in [-0.2, -0.15) is 0 Å². The summed E-state index contributed by atoms with van der Waals surface area (Å²) in [5.74, 6) is -2.07. The van der Waals surface area contributed by atoms with Crippen LogP contribution in [0.4, 0.5) is 13.6 Å². The third-order valence-corrected chi connectivity index (χ3v) is 4.72. The van der Waals surface area contributed by atoms with Crippen LogP contribution in [0.25, 0.3) is 0 Å². The van der Waals surface area contributed by atoms with Crippen molar-refractivity contribution in [2.24, 2.45) is 0 Å². The lowest BCUT2D eigenvalue weighted by Crippen LogP contribution is -2.39. The van der Waals surface area contributed by atoms with E-state index in [1.54, 1.807) is 18.7 Å². The Morgan fingerprint density at radius 2 is 1.81 bits per heavy atom. The van der Waals surface area contributed by atoms with E-state index in [4.69, 9.17) is 21.1 Å². The molecule has 166 valence electrons. The summed E-state index contributed by atoms with van der Waals surface area (Å²) in [5.41, 5.74) is 0.423. The van der Waals surface area contributed by atoms with Crippen molar-refractivity contribution in [3.63, 3.8) is 0 Å². The van der Waals surface area contributed by atoms with Crippen LogP contribution in [0.15, 0.2) is 42.5 Å². The third-order valence-electron chi connectivity index (χ3n) is 4.64. The number of benzene rings is 2. The molecule has 6 nitrogen and oxygen atoms in total. The van der Waals surface area contributed by atoms with Gasteiger partial charge < -0.3 is 19.7 Å². The Hall–Kier alpha value is -2.71. The smallest absolute Gasteiger partial charge is 0.411 e. The summed E-state index contributed by atoms with van der Waals surface area (Å²) >= 11 is 5.91. The second-order valence-electron chi connectivity index (χ2n) is 7.64. The standard InChI is InChI=1S/C22H23ClF2N2O4/c1-22(2,23)31-21(29)27-11-10-15(13-27)26-12-19(28)14-6-8-16(9-7-14)30-20-17(24)4-3-5-18(20)25/h3-9,15,26H,10-13H2,1-2H3. The molecule has 2 aromatic carbocycles. The second-order valence-corrected chi connectivity index (χ2v) is 8.55. The number of nitrogens with zero attached hydrogens (tertiary/aromatic N) is 1. The van der Waals surface area contributed by atoms with Crippen LogP contribution in [0.3, 0.4) is 0 Å². The highest BCUT2D eigenvalue weighted by atomic mass is 35.5. The first-order chi connectivity index (χ1) is 14.6. The summed E-state index contributed by atoms with van der Waals surface area (Å²) in [4.78, 5) is 26.0. The van der Waals surface area contributed by atoms with Crippen molar-refractivity contribution >= 4 is 23.5 Å². The molecule has 1 N–H and O–H groups in total. The Kier molecular flexibility index (Phi) is 7.12. The first-order valence-electron chi connectivity index (χ1n) is 9.78. The van der Waals surface area contributed by atoms with E-state index in [1.807, 2.05) is 0 Å². The lowest BCUT2D eigenvalue weighted by atomic mass is 10.1. The topological polar surface area (TPSA) is 67.9 Å². The quantitative estimate of drug-likeness (QED) is 0.486. The number of amides is 1. The first kappa shape index (κ1) is 23.0. The van der Waals surface area contributed by atoms with E-state index < -0.39 is 28.5 Å². The normalized spacial score (nSPS) is 16.3. The summed E-state index contributed by atoms with van der Waals surface area (Å²) in [6.07, 6.45) is 0.198. The molecule has 1 heterocycles. The van der Waals surface area contributed by atoms with Crippen molar-refractivity contribution in [3.05, 3.63) is 59.7 Å². The van der Waals surface area contributed by atoms with Gasteiger partial charge in [-0.3, -0.25) is 4.79 Å². The average Bonchev–Trinajstić information content (AvgIpc) is 3.18. The largest absolute Gasteiger partial charge is 0.451 e. The number of halogens is 3. The molecule has 1 atom stereocenters. The van der Waals surface area contributed by atoms with Crippen LogP contribution < -0.4 is 10.1 Å². The average molecular weight is 453 g/mol. The van der Waals surface area contributed by atoms with Gasteiger partial charge in [0.05, 0.1) is 6.54 Å². The highest BCUT2D eigenvalue weighted by Crippen LogP contribution is 2.27. The fourth-order valence-electron chi connectivity index (χ4n) is 3.11. The maximum Gasteiger partial charge on any atom is 0.411 e. The summed E-state index contributed by atoms with van der Waals surface area (Å²) in [6, 6.07) is 9.41. The van der Waals surface area contributed by atoms with E-state index in [0.717, 1.165) is 12.1 Å². The molecule has 3 rings (SSSR count). The maximum atomic E-state index is 13.7. The van der Waals surface area contributed by atoms with E-state index in [2.05, 4.69) is 5.32 Å². The molecule has 0 bridgehead atoms. The van der Waals surface area contributed by atoms with Gasteiger partial charge in [0.15, 0.2) is 28.2 Å². The summed E-state index contributed by atoms with van der Waals surface area (Å²) in [5, 5.41) is 2.06. The van der Waals surface area contributed by atoms with Gasteiger partial charge in [-0.05, 0) is 56.7 Å². The van der Waals surface area contributed by atoms with Crippen LogP contribution in [-0.2, 0) is 4.74 Å². The van der Waals surface area contributed by atoms with Crippen molar-refractivity contribution in [3.8, 4) is 11.5 Å². The predicted octanol–water partition coefficient (Wildman–Crippen LogP) is 4.72. The number of hydrogen-bond donors (Lipinski definition) is 1. The highest BCUT2D eigenvalue weighted by Gasteiger charge is 2.30. The van der Waals surface area contributed by atoms with E-state index in [-0.39, 0.29) is 24.1 Å². The van der Waals surface area contributed by atoms with Gasteiger partial charge in [-0.25, -0.2) is 13.6 Å². The molecular weight excluding hydrogens is 430 g/mol. The maximum absolute atomic E-state index is 13.7. The second kappa shape index (κ2) is 9.62. The predicted molar refractivity (Wildman–Crippen MR) is 112 cm³/mol. The van der Waals surface area contributed by atoms with Crippen molar-refractivity contribution in [2.45, 2.75) is 31.4 Å². The zero-order valence-electron chi connectivity index (χ0n) is 17.2. The minimum atomic E-state index is -1.08. The van der Waals surface area contributed by atoms with Gasteiger partial charge >= 0.3 is 6.09 Å². The molecule has 1 amide bonds. The Morgan fingerprint density at radius 3 is 2.42 bits per heavy atom. The lowest BCUT2D eigenvalue weighted by molar-refractivity contribution is 0.0638. The number of nitrogens with one attached hydrogen (secondary N) is 1. The van der Waals surface area contributed by atoms with Crippen molar-refractivity contribution in [1.29, 1.82) is 0 Å². The summed E-state index contributed by atoms with van der Waals surface area (Å²) < 4.78 is 37.7. The molecule has 1 unspecified atom stereocenters. The number of ketones is 1. The molecule has 1 aliphatic heterocycles. The van der Waals surface area contributed by atoms with Crippen LogP contribution in [0.2, 0.25) is 0 Å². The highest BCUT2D eigenvalue weighted by molar-refractivity contribution is 6.22. The van der Waals surface area contributed by atoms with E-state index >= 15 is 0 Å². The SMILES string of the molecule is CC(C)(Cl)OC(=O)N1CCC(NCC(=O)c2ccc(Oc3c(F)cccc3F)cc2)C1. The molecule has 9 heteroatoms. The fraction of sp³-hybridized carbons (Fsp3) is 0.364. The first-order valence-corrected chi connectivity index (χ1v) is 10.2. The lowest BCUT2D eigenvalue weighted by Gasteiger charge is -2.22. The van der Waals surface area contributed by atoms with Crippen LogP contribution in [0, 0.1) is 11.6 Å². The number of alkyl halides is 1.